The monoisotopic (exact) mass is 513 g/mol. The van der Waals surface area contributed by atoms with E-state index in [0.717, 1.165) is 4.47 Å². The highest BCUT2D eigenvalue weighted by molar-refractivity contribution is 9.10. The van der Waals surface area contributed by atoms with Crippen molar-refractivity contribution in [2.75, 3.05) is 18.1 Å². The Hall–Kier alpha value is -3.24. The summed E-state index contributed by atoms with van der Waals surface area (Å²) in [6.07, 6.45) is 0. The highest BCUT2D eigenvalue weighted by Gasteiger charge is 2.48. The van der Waals surface area contributed by atoms with Gasteiger partial charge in [0, 0.05) is 10.0 Å². The van der Waals surface area contributed by atoms with Crippen LogP contribution in [0.1, 0.15) is 22.2 Å². The number of amides is 1. The van der Waals surface area contributed by atoms with Gasteiger partial charge in [0.2, 0.25) is 5.13 Å². The molecule has 0 bridgehead atoms. The maximum absolute atomic E-state index is 13.1. The molecule has 2 aliphatic heterocycles. The number of anilines is 1. The molecule has 1 atom stereocenters. The predicted octanol–water partition coefficient (Wildman–Crippen LogP) is 4.01. The zero-order valence-electron chi connectivity index (χ0n) is 16.7. The minimum Gasteiger partial charge on any atom is -0.507 e. The largest absolute Gasteiger partial charge is 0.507 e. The number of carbonyl (C=O) groups excluding carboxylic acids is 2. The van der Waals surface area contributed by atoms with E-state index in [1.165, 1.54) is 16.2 Å². The number of aliphatic hydroxyl groups is 1. The molecule has 0 saturated carbocycles. The summed E-state index contributed by atoms with van der Waals surface area (Å²) in [5, 5.41) is 20.2. The van der Waals surface area contributed by atoms with Gasteiger partial charge in [0.15, 0.2) is 11.5 Å². The second-order valence-electron chi connectivity index (χ2n) is 7.18. The maximum Gasteiger partial charge on any atom is 0.301 e. The van der Waals surface area contributed by atoms with Crippen LogP contribution in [-0.4, -0.2) is 40.2 Å². The van der Waals surface area contributed by atoms with Gasteiger partial charge in [-0.2, -0.15) is 0 Å². The highest BCUT2D eigenvalue weighted by atomic mass is 79.9. The van der Waals surface area contributed by atoms with Crippen molar-refractivity contribution in [2.45, 2.75) is 13.0 Å². The third kappa shape index (κ3) is 3.45. The number of Topliss-reactive ketones (excluding diaryl/α,β-unsaturated/α-hetero) is 1. The molecule has 0 unspecified atom stereocenters. The number of nitrogens with zero attached hydrogens (tertiary/aromatic N) is 3. The Bertz CT molecular complexity index is 1270. The van der Waals surface area contributed by atoms with Gasteiger partial charge >= 0.3 is 5.91 Å². The van der Waals surface area contributed by atoms with Gasteiger partial charge in [-0.25, -0.2) is 0 Å². The van der Waals surface area contributed by atoms with Crippen molar-refractivity contribution >= 4 is 49.8 Å². The van der Waals surface area contributed by atoms with E-state index in [9.17, 15) is 14.7 Å². The fourth-order valence-corrected chi connectivity index (χ4v) is 4.70. The molecule has 1 amide bonds. The van der Waals surface area contributed by atoms with Gasteiger partial charge in [-0.3, -0.25) is 14.5 Å². The number of aliphatic hydroxyl groups excluding tert-OH is 1. The third-order valence-corrected chi connectivity index (χ3v) is 6.53. The smallest absolute Gasteiger partial charge is 0.301 e. The van der Waals surface area contributed by atoms with E-state index in [2.05, 4.69) is 26.1 Å². The highest BCUT2D eigenvalue weighted by Crippen LogP contribution is 2.44. The lowest BCUT2D eigenvalue weighted by Gasteiger charge is -2.23. The summed E-state index contributed by atoms with van der Waals surface area (Å²) in [5.74, 6) is -0.834. The van der Waals surface area contributed by atoms with Gasteiger partial charge in [-0.15, -0.1) is 10.2 Å². The molecular weight excluding hydrogens is 498 g/mol. The second kappa shape index (κ2) is 8.03. The van der Waals surface area contributed by atoms with Crippen molar-refractivity contribution in [3.05, 3.63) is 68.6 Å². The van der Waals surface area contributed by atoms with E-state index >= 15 is 0 Å². The Morgan fingerprint density at radius 1 is 1.09 bits per heavy atom. The molecule has 162 valence electrons. The Kier molecular flexibility index (Phi) is 5.18. The van der Waals surface area contributed by atoms with Gasteiger partial charge in [0.25, 0.3) is 5.78 Å². The van der Waals surface area contributed by atoms with Crippen LogP contribution in [0.25, 0.3) is 5.76 Å². The van der Waals surface area contributed by atoms with Crippen LogP contribution >= 0.6 is 27.3 Å². The molecule has 8 nitrogen and oxygen atoms in total. The van der Waals surface area contributed by atoms with Crippen LogP contribution in [0.4, 0.5) is 5.13 Å². The van der Waals surface area contributed by atoms with Crippen LogP contribution in [0, 0.1) is 6.92 Å². The molecule has 3 heterocycles. The summed E-state index contributed by atoms with van der Waals surface area (Å²) in [7, 11) is 0. The van der Waals surface area contributed by atoms with Crippen molar-refractivity contribution in [1.82, 2.24) is 10.2 Å². The van der Waals surface area contributed by atoms with E-state index in [-0.39, 0.29) is 11.3 Å². The molecule has 0 aliphatic carbocycles. The average molecular weight is 514 g/mol. The van der Waals surface area contributed by atoms with Crippen LogP contribution in [-0.2, 0) is 9.59 Å². The molecular formula is C22H16BrN3O5S. The minimum absolute atomic E-state index is 0.0261. The number of ether oxygens (including phenoxy) is 2. The third-order valence-electron chi connectivity index (χ3n) is 5.17. The molecule has 3 aromatic rings. The first kappa shape index (κ1) is 20.7. The van der Waals surface area contributed by atoms with Crippen LogP contribution in [0.3, 0.4) is 0 Å². The number of aromatic nitrogens is 2. The Balaban J connectivity index is 1.69. The van der Waals surface area contributed by atoms with Gasteiger partial charge in [-0.05, 0) is 42.8 Å². The number of hydrogen-bond acceptors (Lipinski definition) is 8. The van der Waals surface area contributed by atoms with E-state index < -0.39 is 17.7 Å². The lowest BCUT2D eigenvalue weighted by atomic mass is 9.95. The summed E-state index contributed by atoms with van der Waals surface area (Å²) in [5.41, 5.74) is 0.976. The van der Waals surface area contributed by atoms with Crippen molar-refractivity contribution < 1.29 is 24.2 Å². The number of benzene rings is 2. The number of hydrogen-bond donors (Lipinski definition) is 1. The van der Waals surface area contributed by atoms with Crippen molar-refractivity contribution in [3.63, 3.8) is 0 Å². The fraction of sp³-hybridized carbons (Fsp3) is 0.182. The van der Waals surface area contributed by atoms with Crippen molar-refractivity contribution in [1.29, 1.82) is 0 Å². The summed E-state index contributed by atoms with van der Waals surface area (Å²) >= 11 is 4.60. The quantitative estimate of drug-likeness (QED) is 0.320. The van der Waals surface area contributed by atoms with E-state index in [0.29, 0.717) is 46.0 Å². The normalized spacial score (nSPS) is 19.4. The second-order valence-corrected chi connectivity index (χ2v) is 9.26. The molecule has 0 spiro atoms. The first-order chi connectivity index (χ1) is 15.4. The molecule has 2 aliphatic rings. The molecule has 0 radical (unpaired) electrons. The maximum atomic E-state index is 13.1. The van der Waals surface area contributed by atoms with Crippen LogP contribution in [0.15, 0.2) is 52.5 Å². The van der Waals surface area contributed by atoms with Gasteiger partial charge < -0.3 is 14.6 Å². The summed E-state index contributed by atoms with van der Waals surface area (Å²) in [6, 6.07) is 11.2. The Morgan fingerprint density at radius 2 is 1.81 bits per heavy atom. The summed E-state index contributed by atoms with van der Waals surface area (Å²) < 4.78 is 12.0. The topological polar surface area (TPSA) is 102 Å². The van der Waals surface area contributed by atoms with Crippen molar-refractivity contribution in [2.24, 2.45) is 0 Å². The number of halogens is 1. The van der Waals surface area contributed by atoms with Crippen LogP contribution < -0.4 is 14.4 Å². The molecule has 32 heavy (non-hydrogen) atoms. The number of ketones is 1. The van der Waals surface area contributed by atoms with Crippen LogP contribution in [0.2, 0.25) is 0 Å². The summed E-state index contributed by atoms with van der Waals surface area (Å²) in [6.45, 7) is 2.59. The van der Waals surface area contributed by atoms with Crippen LogP contribution in [0.5, 0.6) is 11.5 Å². The number of fused-ring (bicyclic) bond motifs is 1. The van der Waals surface area contributed by atoms with E-state index in [1.54, 1.807) is 37.3 Å². The SMILES string of the molecule is Cc1nnc(N2C(=O)C(=O)C(=C(O)c3ccc4c(c3)OCCO4)[C@H]2c2ccc(Br)cc2)s1. The standard InChI is InChI=1S/C22H16BrN3O5S/c1-11-24-25-22(32-11)26-18(12-2-5-14(23)6-3-12)17(20(28)21(26)29)19(27)13-4-7-15-16(10-13)31-9-8-30-15/h2-7,10,18,27H,8-9H2,1H3/t18-/m1/s1. The molecule has 5 rings (SSSR count). The van der Waals surface area contributed by atoms with Gasteiger partial charge in [-0.1, -0.05) is 39.4 Å². The van der Waals surface area contributed by atoms with Gasteiger partial charge in [0.1, 0.15) is 24.0 Å². The molecule has 10 heteroatoms. The molecule has 1 N–H and O–H groups in total. The lowest BCUT2D eigenvalue weighted by molar-refractivity contribution is -0.132. The van der Waals surface area contributed by atoms with Crippen molar-refractivity contribution in [3.8, 4) is 11.5 Å². The molecule has 1 saturated heterocycles. The first-order valence-electron chi connectivity index (χ1n) is 9.70. The minimum atomic E-state index is -0.858. The molecule has 2 aromatic carbocycles. The zero-order valence-corrected chi connectivity index (χ0v) is 19.1. The van der Waals surface area contributed by atoms with E-state index in [1.807, 2.05) is 12.1 Å². The summed E-state index contributed by atoms with van der Waals surface area (Å²) in [4.78, 5) is 27.5. The first-order valence-corrected chi connectivity index (χ1v) is 11.3. The molecule has 1 fully saturated rings. The predicted molar refractivity (Wildman–Crippen MR) is 121 cm³/mol. The molecule has 1 aromatic heterocycles. The fourth-order valence-electron chi connectivity index (χ4n) is 3.72. The Labute approximate surface area is 195 Å². The average Bonchev–Trinajstić information content (AvgIpc) is 3.34. The van der Waals surface area contributed by atoms with Gasteiger partial charge in [0.05, 0.1) is 11.6 Å². The number of rotatable bonds is 3. The lowest BCUT2D eigenvalue weighted by Crippen LogP contribution is -2.29. The Morgan fingerprint density at radius 3 is 2.50 bits per heavy atom. The number of carbonyl (C=O) groups is 2. The zero-order chi connectivity index (χ0) is 22.4. The van der Waals surface area contributed by atoms with E-state index in [4.69, 9.17) is 9.47 Å². The number of aryl methyl sites for hydroxylation is 1.